The monoisotopic (exact) mass is 539 g/mol. The van der Waals surface area contributed by atoms with Gasteiger partial charge in [-0.1, -0.05) is 48.2 Å². The SMILES string of the molecule is Cn1ccnc1SCC1CC(c2ccc(CO)cc2)OC(c2ccc(NC(=O)CCCCC(=O)O)cc2)O1. The number of rotatable bonds is 12. The number of aliphatic carboxylic acids is 1. The number of carbonyl (C=O) groups excluding carboxylic acids is 1. The summed E-state index contributed by atoms with van der Waals surface area (Å²) in [4.78, 5) is 27.2. The van der Waals surface area contributed by atoms with Gasteiger partial charge in [0.25, 0.3) is 0 Å². The Bertz CT molecular complexity index is 1200. The van der Waals surface area contributed by atoms with Gasteiger partial charge in [-0.15, -0.1) is 0 Å². The fraction of sp³-hybridized carbons (Fsp3) is 0.393. The number of hydrogen-bond acceptors (Lipinski definition) is 7. The van der Waals surface area contributed by atoms with E-state index in [4.69, 9.17) is 14.6 Å². The van der Waals surface area contributed by atoms with Crippen molar-refractivity contribution >= 4 is 29.3 Å². The molecule has 10 heteroatoms. The summed E-state index contributed by atoms with van der Waals surface area (Å²) in [6.07, 6.45) is 4.87. The second kappa shape index (κ2) is 13.6. The molecule has 3 aromatic rings. The highest BCUT2D eigenvalue weighted by Crippen LogP contribution is 2.39. The molecule has 0 aliphatic carbocycles. The Balaban J connectivity index is 1.41. The van der Waals surface area contributed by atoms with Gasteiger partial charge in [0.15, 0.2) is 11.4 Å². The lowest BCUT2D eigenvalue weighted by Crippen LogP contribution is -2.31. The van der Waals surface area contributed by atoms with Crippen molar-refractivity contribution in [2.45, 2.75) is 62.4 Å². The number of imidazole rings is 1. The average Bonchev–Trinajstić information content (AvgIpc) is 3.34. The van der Waals surface area contributed by atoms with Crippen LogP contribution in [-0.2, 0) is 32.7 Å². The fourth-order valence-corrected chi connectivity index (χ4v) is 5.14. The van der Waals surface area contributed by atoms with Crippen LogP contribution in [0.3, 0.4) is 0 Å². The zero-order valence-electron chi connectivity index (χ0n) is 21.3. The number of nitrogens with zero attached hydrogens (tertiary/aromatic N) is 2. The number of hydrogen-bond donors (Lipinski definition) is 3. The van der Waals surface area contributed by atoms with Crippen LogP contribution >= 0.6 is 11.8 Å². The van der Waals surface area contributed by atoms with Crippen molar-refractivity contribution in [3.05, 3.63) is 77.6 Å². The molecule has 1 aliphatic heterocycles. The third-order valence-electron chi connectivity index (χ3n) is 6.30. The molecular formula is C28H33N3O6S. The summed E-state index contributed by atoms with van der Waals surface area (Å²) in [5.41, 5.74) is 3.37. The van der Waals surface area contributed by atoms with Crippen molar-refractivity contribution in [1.29, 1.82) is 0 Å². The number of aliphatic hydroxyl groups is 1. The predicted octanol–water partition coefficient (Wildman–Crippen LogP) is 4.83. The van der Waals surface area contributed by atoms with Crippen LogP contribution in [0.5, 0.6) is 0 Å². The first-order valence-corrected chi connectivity index (χ1v) is 13.6. The zero-order valence-corrected chi connectivity index (χ0v) is 22.1. The molecular weight excluding hydrogens is 506 g/mol. The van der Waals surface area contributed by atoms with E-state index in [2.05, 4.69) is 10.3 Å². The van der Waals surface area contributed by atoms with Crippen molar-refractivity contribution in [1.82, 2.24) is 9.55 Å². The molecule has 202 valence electrons. The van der Waals surface area contributed by atoms with Crippen LogP contribution in [0.2, 0.25) is 0 Å². The molecule has 0 spiro atoms. The van der Waals surface area contributed by atoms with Crippen LogP contribution in [0.4, 0.5) is 5.69 Å². The molecule has 1 saturated heterocycles. The minimum Gasteiger partial charge on any atom is -0.481 e. The standard InChI is InChI=1S/C28H33N3O6S/c1-31-15-14-29-28(31)38-18-23-16-24(20-8-6-19(17-32)7-9-20)37-27(36-23)21-10-12-22(13-11-21)30-25(33)4-2-3-5-26(34)35/h6-15,23-24,27,32H,2-5,16-18H2,1H3,(H,30,33)(H,34,35). The summed E-state index contributed by atoms with van der Waals surface area (Å²) in [6.45, 7) is -0.00824. The lowest BCUT2D eigenvalue weighted by molar-refractivity contribution is -0.245. The summed E-state index contributed by atoms with van der Waals surface area (Å²) in [7, 11) is 1.96. The second-order valence-corrected chi connectivity index (χ2v) is 10.2. The maximum absolute atomic E-state index is 12.2. The van der Waals surface area contributed by atoms with Gasteiger partial charge < -0.3 is 29.6 Å². The number of aliphatic hydroxyl groups excluding tert-OH is 1. The van der Waals surface area contributed by atoms with Crippen molar-refractivity contribution in [2.75, 3.05) is 11.1 Å². The molecule has 0 saturated carbocycles. The second-order valence-electron chi connectivity index (χ2n) is 9.25. The molecule has 9 nitrogen and oxygen atoms in total. The number of thioether (sulfide) groups is 1. The number of unbranched alkanes of at least 4 members (excludes halogenated alkanes) is 1. The predicted molar refractivity (Wildman–Crippen MR) is 144 cm³/mol. The highest BCUT2D eigenvalue weighted by Gasteiger charge is 2.32. The van der Waals surface area contributed by atoms with Gasteiger partial charge in [0.1, 0.15) is 0 Å². The molecule has 38 heavy (non-hydrogen) atoms. The minimum atomic E-state index is -0.852. The number of carboxylic acids is 1. The van der Waals surface area contributed by atoms with E-state index < -0.39 is 12.3 Å². The molecule has 1 aromatic heterocycles. The van der Waals surface area contributed by atoms with E-state index in [1.54, 1.807) is 18.0 Å². The van der Waals surface area contributed by atoms with Gasteiger partial charge in [-0.25, -0.2) is 4.98 Å². The van der Waals surface area contributed by atoms with Crippen LogP contribution in [0.1, 0.15) is 61.2 Å². The molecule has 3 unspecified atom stereocenters. The highest BCUT2D eigenvalue weighted by atomic mass is 32.2. The van der Waals surface area contributed by atoms with Gasteiger partial charge in [0, 0.05) is 55.7 Å². The largest absolute Gasteiger partial charge is 0.481 e. The Morgan fingerprint density at radius 2 is 1.76 bits per heavy atom. The van der Waals surface area contributed by atoms with E-state index in [1.807, 2.05) is 66.3 Å². The van der Waals surface area contributed by atoms with Crippen LogP contribution < -0.4 is 5.32 Å². The fourth-order valence-electron chi connectivity index (χ4n) is 4.19. The Morgan fingerprint density at radius 1 is 1.05 bits per heavy atom. The Labute approximate surface area is 226 Å². The molecule has 1 fully saturated rings. The summed E-state index contributed by atoms with van der Waals surface area (Å²) >= 11 is 1.64. The van der Waals surface area contributed by atoms with Crippen LogP contribution in [0.25, 0.3) is 0 Å². The number of carboxylic acid groups (broad SMARTS) is 1. The van der Waals surface area contributed by atoms with Gasteiger partial charge in [-0.2, -0.15) is 0 Å². The van der Waals surface area contributed by atoms with Gasteiger partial charge in [0.2, 0.25) is 5.91 Å². The van der Waals surface area contributed by atoms with E-state index in [0.717, 1.165) is 21.8 Å². The smallest absolute Gasteiger partial charge is 0.303 e. The summed E-state index contributed by atoms with van der Waals surface area (Å²) < 4.78 is 14.7. The first-order chi connectivity index (χ1) is 18.4. The van der Waals surface area contributed by atoms with Crippen molar-refractivity contribution in [3.63, 3.8) is 0 Å². The molecule has 4 rings (SSSR count). The molecule has 2 aromatic carbocycles. The lowest BCUT2D eigenvalue weighted by atomic mass is 10.0. The number of anilines is 1. The van der Waals surface area contributed by atoms with E-state index in [1.165, 1.54) is 0 Å². The molecule has 3 N–H and O–H groups in total. The Morgan fingerprint density at radius 3 is 2.42 bits per heavy atom. The van der Waals surface area contributed by atoms with E-state index in [0.29, 0.717) is 30.7 Å². The summed E-state index contributed by atoms with van der Waals surface area (Å²) in [5.74, 6) is -0.285. The Kier molecular flexibility index (Phi) is 9.94. The maximum Gasteiger partial charge on any atom is 0.303 e. The van der Waals surface area contributed by atoms with E-state index in [9.17, 15) is 14.7 Å². The average molecular weight is 540 g/mol. The van der Waals surface area contributed by atoms with Gasteiger partial charge in [0.05, 0.1) is 18.8 Å². The maximum atomic E-state index is 12.2. The van der Waals surface area contributed by atoms with E-state index >= 15 is 0 Å². The van der Waals surface area contributed by atoms with Crippen LogP contribution in [-0.4, -0.2) is 43.5 Å². The summed E-state index contributed by atoms with van der Waals surface area (Å²) in [6, 6.07) is 15.2. The third kappa shape index (κ3) is 7.91. The lowest BCUT2D eigenvalue weighted by Gasteiger charge is -2.36. The molecule has 0 bridgehead atoms. The molecule has 3 atom stereocenters. The molecule has 1 amide bonds. The summed E-state index contributed by atoms with van der Waals surface area (Å²) in [5, 5.41) is 21.9. The first kappa shape index (κ1) is 27.8. The first-order valence-electron chi connectivity index (χ1n) is 12.6. The van der Waals surface area contributed by atoms with Gasteiger partial charge >= 0.3 is 5.97 Å². The van der Waals surface area contributed by atoms with Crippen LogP contribution in [0, 0.1) is 0 Å². The topological polar surface area (TPSA) is 123 Å². The Hall–Kier alpha value is -3.18. The normalized spacial score (nSPS) is 19.3. The quantitative estimate of drug-likeness (QED) is 0.221. The number of amides is 1. The number of benzene rings is 2. The number of carbonyl (C=O) groups is 2. The molecule has 2 heterocycles. The number of ether oxygens (including phenoxy) is 2. The zero-order chi connectivity index (χ0) is 26.9. The van der Waals surface area contributed by atoms with E-state index in [-0.39, 0.29) is 37.6 Å². The number of aryl methyl sites for hydroxylation is 1. The highest BCUT2D eigenvalue weighted by molar-refractivity contribution is 7.99. The van der Waals surface area contributed by atoms with Gasteiger partial charge in [-0.05, 0) is 36.1 Å². The minimum absolute atomic E-state index is 0.00824. The third-order valence-corrected chi connectivity index (χ3v) is 7.49. The number of nitrogens with one attached hydrogen (secondary N) is 1. The number of aromatic nitrogens is 2. The van der Waals surface area contributed by atoms with Crippen LogP contribution in [0.15, 0.2) is 66.1 Å². The van der Waals surface area contributed by atoms with Gasteiger partial charge in [-0.3, -0.25) is 9.59 Å². The molecule has 0 radical (unpaired) electrons. The van der Waals surface area contributed by atoms with Crippen molar-refractivity contribution in [2.24, 2.45) is 7.05 Å². The van der Waals surface area contributed by atoms with Crippen molar-refractivity contribution in [3.8, 4) is 0 Å². The van der Waals surface area contributed by atoms with Crippen molar-refractivity contribution < 1.29 is 29.3 Å². The molecule has 1 aliphatic rings.